The van der Waals surface area contributed by atoms with Crippen molar-refractivity contribution in [3.8, 4) is 5.75 Å². The highest BCUT2D eigenvalue weighted by Crippen LogP contribution is 2.20. The van der Waals surface area contributed by atoms with Crippen molar-refractivity contribution in [2.75, 3.05) is 4.90 Å². The van der Waals surface area contributed by atoms with Crippen molar-refractivity contribution >= 4 is 17.7 Å². The molecule has 0 saturated heterocycles. The Morgan fingerprint density at radius 3 is 2.27 bits per heavy atom. The molecule has 26 heavy (non-hydrogen) atoms. The molecule has 8 heteroatoms. The molecule has 0 aliphatic rings. The fourth-order valence-corrected chi connectivity index (χ4v) is 2.21. The van der Waals surface area contributed by atoms with Crippen molar-refractivity contribution in [2.45, 2.75) is 6.54 Å². The maximum absolute atomic E-state index is 12.6. The normalized spacial score (nSPS) is 10.2. The number of nitro groups is 1. The van der Waals surface area contributed by atoms with Gasteiger partial charge in [0.1, 0.15) is 5.75 Å². The summed E-state index contributed by atoms with van der Waals surface area (Å²) in [5, 5.41) is 10.7. The van der Waals surface area contributed by atoms with Crippen molar-refractivity contribution < 1.29 is 14.5 Å². The van der Waals surface area contributed by atoms with E-state index in [2.05, 4.69) is 9.97 Å². The van der Waals surface area contributed by atoms with Crippen molar-refractivity contribution in [2.24, 2.45) is 0 Å². The molecular weight excluding hydrogens is 336 g/mol. The van der Waals surface area contributed by atoms with Gasteiger partial charge in [-0.1, -0.05) is 30.3 Å². The lowest BCUT2D eigenvalue weighted by molar-refractivity contribution is -0.384. The van der Waals surface area contributed by atoms with Gasteiger partial charge in [-0.25, -0.2) is 19.7 Å². The number of hydrogen-bond acceptors (Lipinski definition) is 6. The summed E-state index contributed by atoms with van der Waals surface area (Å²) in [6.45, 7) is 0.219. The van der Waals surface area contributed by atoms with Gasteiger partial charge < -0.3 is 4.74 Å². The van der Waals surface area contributed by atoms with E-state index in [-0.39, 0.29) is 23.9 Å². The Balaban J connectivity index is 1.81. The summed E-state index contributed by atoms with van der Waals surface area (Å²) in [5.74, 6) is 0.387. The number of benzene rings is 2. The lowest BCUT2D eigenvalue weighted by atomic mass is 10.2. The van der Waals surface area contributed by atoms with E-state index in [1.807, 2.05) is 30.3 Å². The number of rotatable bonds is 5. The van der Waals surface area contributed by atoms with Crippen molar-refractivity contribution in [1.29, 1.82) is 0 Å². The molecule has 130 valence electrons. The number of carbonyl (C=O) groups excluding carboxylic acids is 1. The molecule has 0 saturated carbocycles. The summed E-state index contributed by atoms with van der Waals surface area (Å²) >= 11 is 0. The largest absolute Gasteiger partial charge is 0.422 e. The fraction of sp³-hybridized carbons (Fsp3) is 0.0556. The zero-order valence-electron chi connectivity index (χ0n) is 13.6. The third-order valence-electron chi connectivity index (χ3n) is 3.45. The monoisotopic (exact) mass is 350 g/mol. The van der Waals surface area contributed by atoms with Crippen LogP contribution in [0, 0.1) is 10.1 Å². The number of aromatic nitrogens is 2. The summed E-state index contributed by atoms with van der Waals surface area (Å²) in [5.41, 5.74) is 0.790. The summed E-state index contributed by atoms with van der Waals surface area (Å²) in [6, 6.07) is 16.2. The summed E-state index contributed by atoms with van der Waals surface area (Å²) < 4.78 is 5.32. The molecule has 0 radical (unpaired) electrons. The number of nitro benzene ring substituents is 1. The van der Waals surface area contributed by atoms with Crippen molar-refractivity contribution in [3.63, 3.8) is 0 Å². The number of amides is 1. The van der Waals surface area contributed by atoms with Crippen LogP contribution in [0.2, 0.25) is 0 Å². The first-order valence-electron chi connectivity index (χ1n) is 7.68. The van der Waals surface area contributed by atoms with Gasteiger partial charge in [-0.15, -0.1) is 0 Å². The van der Waals surface area contributed by atoms with Crippen LogP contribution in [0.3, 0.4) is 0 Å². The average Bonchev–Trinajstić information content (AvgIpc) is 2.68. The second-order valence-corrected chi connectivity index (χ2v) is 5.24. The number of nitrogens with zero attached hydrogens (tertiary/aromatic N) is 4. The zero-order chi connectivity index (χ0) is 18.4. The molecule has 2 aromatic carbocycles. The molecule has 0 aliphatic carbocycles. The molecule has 8 nitrogen and oxygen atoms in total. The first kappa shape index (κ1) is 17.0. The van der Waals surface area contributed by atoms with E-state index >= 15 is 0 Å². The molecule has 0 aliphatic heterocycles. The maximum atomic E-state index is 12.6. The van der Waals surface area contributed by atoms with Crippen LogP contribution in [0.15, 0.2) is 73.1 Å². The minimum Gasteiger partial charge on any atom is -0.410 e. The quantitative estimate of drug-likeness (QED) is 0.515. The second-order valence-electron chi connectivity index (χ2n) is 5.24. The first-order chi connectivity index (χ1) is 12.6. The van der Waals surface area contributed by atoms with Gasteiger partial charge in [0.2, 0.25) is 5.95 Å². The number of ether oxygens (including phenoxy) is 1. The molecule has 0 spiro atoms. The predicted molar refractivity (Wildman–Crippen MR) is 93.8 cm³/mol. The van der Waals surface area contributed by atoms with E-state index < -0.39 is 11.0 Å². The van der Waals surface area contributed by atoms with E-state index in [4.69, 9.17) is 4.74 Å². The van der Waals surface area contributed by atoms with Gasteiger partial charge in [-0.3, -0.25) is 10.1 Å². The smallest absolute Gasteiger partial charge is 0.410 e. The topological polar surface area (TPSA) is 98.5 Å². The van der Waals surface area contributed by atoms with E-state index in [1.165, 1.54) is 41.6 Å². The number of hydrogen-bond donors (Lipinski definition) is 0. The minimum atomic E-state index is -0.686. The van der Waals surface area contributed by atoms with E-state index in [0.717, 1.165) is 5.56 Å². The van der Waals surface area contributed by atoms with E-state index in [1.54, 1.807) is 6.07 Å². The number of non-ortho nitro benzene ring substituents is 1. The molecule has 0 unspecified atom stereocenters. The number of anilines is 1. The summed E-state index contributed by atoms with van der Waals surface area (Å²) in [7, 11) is 0. The van der Waals surface area contributed by atoms with Gasteiger partial charge in [-0.2, -0.15) is 0 Å². The highest BCUT2D eigenvalue weighted by atomic mass is 16.6. The minimum absolute atomic E-state index is 0.0858. The third-order valence-corrected chi connectivity index (χ3v) is 3.45. The Morgan fingerprint density at radius 1 is 1.00 bits per heavy atom. The Bertz CT molecular complexity index is 886. The van der Waals surface area contributed by atoms with Crippen molar-refractivity contribution in [1.82, 2.24) is 9.97 Å². The molecule has 1 heterocycles. The lowest BCUT2D eigenvalue weighted by Gasteiger charge is -2.20. The van der Waals surface area contributed by atoms with Crippen LogP contribution in [0.5, 0.6) is 5.75 Å². The Kier molecular flexibility index (Phi) is 5.14. The molecule has 0 N–H and O–H groups in total. The van der Waals surface area contributed by atoms with Crippen LogP contribution in [0.1, 0.15) is 5.56 Å². The Hall–Kier alpha value is -3.81. The molecule has 3 rings (SSSR count). The summed E-state index contributed by atoms with van der Waals surface area (Å²) in [4.78, 5) is 32.3. The van der Waals surface area contributed by atoms with E-state index in [0.29, 0.717) is 0 Å². The van der Waals surface area contributed by atoms with Crippen LogP contribution in [-0.2, 0) is 6.54 Å². The van der Waals surface area contributed by atoms with Gasteiger partial charge >= 0.3 is 6.09 Å². The lowest BCUT2D eigenvalue weighted by Crippen LogP contribution is -2.34. The van der Waals surface area contributed by atoms with Gasteiger partial charge in [0, 0.05) is 24.5 Å². The number of carbonyl (C=O) groups is 1. The van der Waals surface area contributed by atoms with Crippen LogP contribution >= 0.6 is 0 Å². The van der Waals surface area contributed by atoms with Crippen molar-refractivity contribution in [3.05, 3.63) is 88.7 Å². The molecule has 3 aromatic rings. The Labute approximate surface area is 148 Å². The highest BCUT2D eigenvalue weighted by Gasteiger charge is 2.21. The average molecular weight is 350 g/mol. The molecule has 1 aromatic heterocycles. The van der Waals surface area contributed by atoms with Crippen LogP contribution in [0.25, 0.3) is 0 Å². The molecule has 0 bridgehead atoms. The van der Waals surface area contributed by atoms with Crippen LogP contribution in [-0.4, -0.2) is 21.0 Å². The van der Waals surface area contributed by atoms with E-state index in [9.17, 15) is 14.9 Å². The third kappa shape index (κ3) is 4.18. The summed E-state index contributed by atoms with van der Waals surface area (Å²) in [6.07, 6.45) is 2.37. The van der Waals surface area contributed by atoms with Gasteiger partial charge in [-0.05, 0) is 23.8 Å². The standard InChI is InChI=1S/C18H14N4O4/c23-18(26-16-9-7-15(8-10-16)22(24)25)21(17-19-11-4-12-20-17)13-14-5-2-1-3-6-14/h1-12H,13H2. The molecule has 0 fully saturated rings. The fourth-order valence-electron chi connectivity index (χ4n) is 2.21. The predicted octanol–water partition coefficient (Wildman–Crippen LogP) is 3.59. The van der Waals surface area contributed by atoms with Gasteiger partial charge in [0.15, 0.2) is 0 Å². The second kappa shape index (κ2) is 7.84. The molecule has 1 amide bonds. The van der Waals surface area contributed by atoms with Crippen LogP contribution < -0.4 is 9.64 Å². The first-order valence-corrected chi connectivity index (χ1v) is 7.68. The highest BCUT2D eigenvalue weighted by molar-refractivity contribution is 5.86. The van der Waals surface area contributed by atoms with Crippen LogP contribution in [0.4, 0.5) is 16.4 Å². The SMILES string of the molecule is O=C(Oc1ccc([N+](=O)[O-])cc1)N(Cc1ccccc1)c1ncccn1. The maximum Gasteiger partial charge on any atom is 0.422 e. The molecule has 0 atom stereocenters. The van der Waals surface area contributed by atoms with Gasteiger partial charge in [0.05, 0.1) is 11.5 Å². The molecular formula is C18H14N4O4. The Morgan fingerprint density at radius 2 is 1.65 bits per heavy atom. The van der Waals surface area contributed by atoms with Gasteiger partial charge in [0.25, 0.3) is 5.69 Å². The zero-order valence-corrected chi connectivity index (χ0v) is 13.6.